The van der Waals surface area contributed by atoms with E-state index in [1.807, 2.05) is 13.8 Å². The van der Waals surface area contributed by atoms with Crippen molar-refractivity contribution in [3.05, 3.63) is 58.2 Å². The summed E-state index contributed by atoms with van der Waals surface area (Å²) in [5, 5.41) is 11.6. The molecule has 0 bridgehead atoms. The van der Waals surface area contributed by atoms with Crippen molar-refractivity contribution in [1.29, 1.82) is 0 Å². The van der Waals surface area contributed by atoms with Crippen LogP contribution in [-0.2, 0) is 29.4 Å². The van der Waals surface area contributed by atoms with Crippen LogP contribution in [0.3, 0.4) is 0 Å². The van der Waals surface area contributed by atoms with Gasteiger partial charge in [0.2, 0.25) is 10.0 Å². The molecule has 3 aromatic rings. The molecule has 1 unspecified atom stereocenters. The molecular formula is C24H31N5O4S. The molecule has 0 aliphatic heterocycles. The van der Waals surface area contributed by atoms with Crippen LogP contribution >= 0.6 is 0 Å². The molecule has 1 atom stereocenters. The smallest absolute Gasteiger partial charge is 0.278 e. The van der Waals surface area contributed by atoms with E-state index in [4.69, 9.17) is 4.52 Å². The van der Waals surface area contributed by atoms with Crippen molar-refractivity contribution in [2.75, 3.05) is 19.4 Å². The Morgan fingerprint density at radius 1 is 1.24 bits per heavy atom. The molecule has 4 rings (SSSR count). The zero-order chi connectivity index (χ0) is 24.6. The van der Waals surface area contributed by atoms with E-state index in [0.717, 1.165) is 48.3 Å². The second-order valence-corrected chi connectivity index (χ2v) is 11.2. The Bertz CT molecular complexity index is 1310. The van der Waals surface area contributed by atoms with Crippen LogP contribution in [-0.4, -0.2) is 47.7 Å². The van der Waals surface area contributed by atoms with Gasteiger partial charge in [0.25, 0.3) is 5.91 Å². The van der Waals surface area contributed by atoms with Crippen molar-refractivity contribution >= 4 is 21.6 Å². The lowest BCUT2D eigenvalue weighted by atomic mass is 9.85. The number of amides is 1. The molecule has 2 aromatic heterocycles. The first-order valence-electron chi connectivity index (χ1n) is 11.5. The molecule has 9 nitrogen and oxygen atoms in total. The summed E-state index contributed by atoms with van der Waals surface area (Å²) in [6, 6.07) is 6.74. The van der Waals surface area contributed by atoms with E-state index < -0.39 is 10.0 Å². The van der Waals surface area contributed by atoms with Crippen molar-refractivity contribution in [3.63, 3.8) is 0 Å². The van der Waals surface area contributed by atoms with Crippen LogP contribution in [0.15, 0.2) is 33.7 Å². The monoisotopic (exact) mass is 485 g/mol. The molecule has 0 spiro atoms. The lowest BCUT2D eigenvalue weighted by Gasteiger charge is -2.19. The summed E-state index contributed by atoms with van der Waals surface area (Å²) >= 11 is 0. The molecule has 1 aromatic carbocycles. The summed E-state index contributed by atoms with van der Waals surface area (Å²) in [4.78, 5) is 13.3. The van der Waals surface area contributed by atoms with Gasteiger partial charge in [0, 0.05) is 26.1 Å². The molecule has 1 aliphatic rings. The number of nitrogens with one attached hydrogen (secondary N) is 1. The van der Waals surface area contributed by atoms with Gasteiger partial charge in [0.05, 0.1) is 28.5 Å². The molecule has 1 aliphatic carbocycles. The number of anilines is 1. The first-order valence-corrected chi connectivity index (χ1v) is 12.9. The van der Waals surface area contributed by atoms with Gasteiger partial charge in [0.1, 0.15) is 5.76 Å². The number of sulfonamides is 1. The third-order valence-corrected chi connectivity index (χ3v) is 8.42. The van der Waals surface area contributed by atoms with Crippen molar-refractivity contribution in [2.24, 2.45) is 5.92 Å². The zero-order valence-corrected chi connectivity index (χ0v) is 21.1. The summed E-state index contributed by atoms with van der Waals surface area (Å²) in [6.45, 7) is 6.35. The highest BCUT2D eigenvalue weighted by atomic mass is 32.2. The Hall–Kier alpha value is -2.98. The van der Waals surface area contributed by atoms with Crippen molar-refractivity contribution in [2.45, 2.75) is 57.9 Å². The average molecular weight is 486 g/mol. The highest BCUT2D eigenvalue weighted by molar-refractivity contribution is 7.89. The lowest BCUT2D eigenvalue weighted by Crippen LogP contribution is -2.22. The molecule has 1 amide bonds. The fourth-order valence-electron chi connectivity index (χ4n) is 4.36. The van der Waals surface area contributed by atoms with E-state index >= 15 is 0 Å². The predicted molar refractivity (Wildman–Crippen MR) is 128 cm³/mol. The Morgan fingerprint density at radius 3 is 2.59 bits per heavy atom. The predicted octanol–water partition coefficient (Wildman–Crippen LogP) is 3.55. The van der Waals surface area contributed by atoms with Crippen molar-refractivity contribution in [3.8, 4) is 0 Å². The number of fused-ring (bicyclic) bond motifs is 1. The summed E-state index contributed by atoms with van der Waals surface area (Å²) in [7, 11) is -0.463. The van der Waals surface area contributed by atoms with Gasteiger partial charge in [-0.25, -0.2) is 12.7 Å². The Kier molecular flexibility index (Phi) is 6.64. The SMILES string of the molecule is CCC1CCc2onc(C(=O)Nc3c(C)nn(Cc4ccc(S(=O)(=O)N(C)C)cc4)c3C)c2C1. The van der Waals surface area contributed by atoms with Crippen LogP contribution in [0.25, 0.3) is 0 Å². The van der Waals surface area contributed by atoms with Crippen LogP contribution in [0.1, 0.15) is 58.5 Å². The summed E-state index contributed by atoms with van der Waals surface area (Å²) in [5.74, 6) is 1.08. The number of hydrogen-bond acceptors (Lipinski definition) is 6. The highest BCUT2D eigenvalue weighted by Gasteiger charge is 2.29. The quantitative estimate of drug-likeness (QED) is 0.548. The number of rotatable bonds is 7. The molecule has 10 heteroatoms. The average Bonchev–Trinajstić information content (AvgIpc) is 3.35. The zero-order valence-electron chi connectivity index (χ0n) is 20.3. The Balaban J connectivity index is 1.52. The van der Waals surface area contributed by atoms with E-state index in [-0.39, 0.29) is 10.8 Å². The largest absolute Gasteiger partial charge is 0.360 e. The van der Waals surface area contributed by atoms with Gasteiger partial charge in [0.15, 0.2) is 5.69 Å². The highest BCUT2D eigenvalue weighted by Crippen LogP contribution is 2.30. The van der Waals surface area contributed by atoms with Crippen LogP contribution in [0.5, 0.6) is 0 Å². The summed E-state index contributed by atoms with van der Waals surface area (Å²) in [6.07, 6.45) is 3.76. The number of aromatic nitrogens is 3. The number of benzene rings is 1. The maximum Gasteiger partial charge on any atom is 0.278 e. The molecule has 182 valence electrons. The summed E-state index contributed by atoms with van der Waals surface area (Å²) in [5.41, 5.74) is 4.33. The topological polar surface area (TPSA) is 110 Å². The van der Waals surface area contributed by atoms with Crippen LogP contribution < -0.4 is 5.32 Å². The minimum Gasteiger partial charge on any atom is -0.360 e. The Labute approximate surface area is 200 Å². The van der Waals surface area contributed by atoms with E-state index in [9.17, 15) is 13.2 Å². The van der Waals surface area contributed by atoms with Crippen LogP contribution in [0.2, 0.25) is 0 Å². The van der Waals surface area contributed by atoms with Crippen LogP contribution in [0.4, 0.5) is 5.69 Å². The maximum atomic E-state index is 13.1. The van der Waals surface area contributed by atoms with Gasteiger partial charge in [-0.05, 0) is 50.3 Å². The Morgan fingerprint density at radius 2 is 1.94 bits per heavy atom. The van der Waals surface area contributed by atoms with Gasteiger partial charge >= 0.3 is 0 Å². The van der Waals surface area contributed by atoms with Gasteiger partial charge in [-0.2, -0.15) is 5.10 Å². The standard InChI is InChI=1S/C24H31N5O4S/c1-6-17-9-12-21-20(13-17)23(27-33-21)24(30)25-22-15(2)26-29(16(22)3)14-18-7-10-19(11-8-18)34(31,32)28(4)5/h7-8,10-11,17H,6,9,12-14H2,1-5H3,(H,25,30). The lowest BCUT2D eigenvalue weighted by molar-refractivity contribution is 0.101. The number of hydrogen-bond donors (Lipinski definition) is 1. The normalized spacial score (nSPS) is 16.0. The minimum atomic E-state index is -3.47. The molecule has 2 heterocycles. The molecule has 0 radical (unpaired) electrons. The molecule has 0 fully saturated rings. The van der Waals surface area contributed by atoms with E-state index in [2.05, 4.69) is 22.5 Å². The maximum absolute atomic E-state index is 13.1. The third kappa shape index (κ3) is 4.52. The van der Waals surface area contributed by atoms with Crippen LogP contribution in [0, 0.1) is 19.8 Å². The summed E-state index contributed by atoms with van der Waals surface area (Å²) < 4.78 is 33.0. The molecule has 1 N–H and O–H groups in total. The number of aryl methyl sites for hydroxylation is 2. The van der Waals surface area contributed by atoms with Gasteiger partial charge in [-0.3, -0.25) is 9.48 Å². The molecule has 0 saturated heterocycles. The van der Waals surface area contributed by atoms with Gasteiger partial charge < -0.3 is 9.84 Å². The molecule has 34 heavy (non-hydrogen) atoms. The van der Waals surface area contributed by atoms with Gasteiger partial charge in [-0.1, -0.05) is 30.6 Å². The third-order valence-electron chi connectivity index (χ3n) is 6.59. The fraction of sp³-hybridized carbons (Fsp3) is 0.458. The second-order valence-electron chi connectivity index (χ2n) is 9.04. The van der Waals surface area contributed by atoms with E-state index in [1.54, 1.807) is 28.9 Å². The van der Waals surface area contributed by atoms with Crippen molar-refractivity contribution < 1.29 is 17.7 Å². The second kappa shape index (κ2) is 9.34. The van der Waals surface area contributed by atoms with Crippen molar-refractivity contribution in [1.82, 2.24) is 19.2 Å². The molecular weight excluding hydrogens is 454 g/mol. The number of carbonyl (C=O) groups excluding carboxylic acids is 1. The van der Waals surface area contributed by atoms with E-state index in [1.165, 1.54) is 18.4 Å². The van der Waals surface area contributed by atoms with Gasteiger partial charge in [-0.15, -0.1) is 0 Å². The first kappa shape index (κ1) is 24.2. The minimum absolute atomic E-state index is 0.240. The fourth-order valence-corrected chi connectivity index (χ4v) is 5.26. The number of carbonyl (C=O) groups is 1. The first-order chi connectivity index (χ1) is 16.1. The number of nitrogens with zero attached hydrogens (tertiary/aromatic N) is 4. The van der Waals surface area contributed by atoms with E-state index in [0.29, 0.717) is 29.5 Å². The molecule has 0 saturated carbocycles.